The van der Waals surface area contributed by atoms with Crippen molar-refractivity contribution >= 4 is 17.7 Å². The van der Waals surface area contributed by atoms with Crippen LogP contribution in [0.25, 0.3) is 0 Å². The van der Waals surface area contributed by atoms with Crippen molar-refractivity contribution in [2.24, 2.45) is 0 Å². The second-order valence-corrected chi connectivity index (χ2v) is 4.15. The van der Waals surface area contributed by atoms with Gasteiger partial charge in [-0.05, 0) is 17.7 Å². The van der Waals surface area contributed by atoms with Gasteiger partial charge in [0.25, 0.3) is 5.91 Å². The molecular weight excluding hydrogens is 256 g/mol. The van der Waals surface area contributed by atoms with E-state index in [1.54, 1.807) is 54.6 Å². The lowest BCUT2D eigenvalue weighted by molar-refractivity contribution is -0.118. The van der Waals surface area contributed by atoms with Gasteiger partial charge in [-0.15, -0.1) is 0 Å². The summed E-state index contributed by atoms with van der Waals surface area (Å²) in [7, 11) is 0. The van der Waals surface area contributed by atoms with E-state index in [1.807, 2.05) is 6.07 Å². The summed E-state index contributed by atoms with van der Waals surface area (Å²) in [4.78, 5) is 23.1. The molecule has 20 heavy (non-hydrogen) atoms. The molecule has 5 heteroatoms. The molecule has 1 atom stereocenters. The van der Waals surface area contributed by atoms with Gasteiger partial charge in [-0.2, -0.15) is 0 Å². The summed E-state index contributed by atoms with van der Waals surface area (Å²) in [6.07, 6.45) is -1.25. The molecule has 2 aromatic rings. The molecule has 2 rings (SSSR count). The SMILES string of the molecule is O=C(O)NC(C(=O)Nc1ccccc1)c1ccccc1. The summed E-state index contributed by atoms with van der Waals surface area (Å²) in [5.74, 6) is -0.426. The first kappa shape index (κ1) is 13.6. The number of carbonyl (C=O) groups excluding carboxylic acids is 1. The van der Waals surface area contributed by atoms with Gasteiger partial charge >= 0.3 is 6.09 Å². The fourth-order valence-electron chi connectivity index (χ4n) is 1.81. The Morgan fingerprint density at radius 3 is 2.00 bits per heavy atom. The van der Waals surface area contributed by atoms with Crippen molar-refractivity contribution in [3.05, 3.63) is 66.2 Å². The highest BCUT2D eigenvalue weighted by molar-refractivity contribution is 5.97. The lowest BCUT2D eigenvalue weighted by atomic mass is 10.1. The number of para-hydroxylation sites is 1. The molecule has 0 saturated carbocycles. The van der Waals surface area contributed by atoms with Crippen LogP contribution in [0.1, 0.15) is 11.6 Å². The third kappa shape index (κ3) is 3.58. The summed E-state index contributed by atoms with van der Waals surface area (Å²) in [5.41, 5.74) is 1.20. The molecule has 0 spiro atoms. The largest absolute Gasteiger partial charge is 0.465 e. The maximum Gasteiger partial charge on any atom is 0.405 e. The van der Waals surface area contributed by atoms with Crippen molar-refractivity contribution in [2.75, 3.05) is 5.32 Å². The van der Waals surface area contributed by atoms with Crippen LogP contribution >= 0.6 is 0 Å². The fraction of sp³-hybridized carbons (Fsp3) is 0.0667. The van der Waals surface area contributed by atoms with E-state index < -0.39 is 18.0 Å². The van der Waals surface area contributed by atoms with E-state index in [-0.39, 0.29) is 0 Å². The van der Waals surface area contributed by atoms with Gasteiger partial charge in [-0.25, -0.2) is 4.79 Å². The van der Waals surface area contributed by atoms with E-state index in [2.05, 4.69) is 10.6 Å². The highest BCUT2D eigenvalue weighted by Gasteiger charge is 2.22. The number of hydrogen-bond acceptors (Lipinski definition) is 2. The Hall–Kier alpha value is -2.82. The third-order valence-electron chi connectivity index (χ3n) is 2.70. The molecule has 0 fully saturated rings. The van der Waals surface area contributed by atoms with Crippen LogP contribution in [-0.2, 0) is 4.79 Å². The second-order valence-electron chi connectivity index (χ2n) is 4.15. The molecule has 0 aliphatic carbocycles. The van der Waals surface area contributed by atoms with Crippen molar-refractivity contribution < 1.29 is 14.7 Å². The minimum absolute atomic E-state index is 0.426. The molecule has 3 N–H and O–H groups in total. The van der Waals surface area contributed by atoms with Crippen LogP contribution in [0, 0.1) is 0 Å². The van der Waals surface area contributed by atoms with Crippen molar-refractivity contribution in [3.63, 3.8) is 0 Å². The minimum atomic E-state index is -1.25. The number of hydrogen-bond donors (Lipinski definition) is 3. The Morgan fingerprint density at radius 1 is 0.900 bits per heavy atom. The standard InChI is InChI=1S/C15H14N2O3/c18-14(16-12-9-5-2-6-10-12)13(17-15(19)20)11-7-3-1-4-8-11/h1-10,13,17H,(H,16,18)(H,19,20). The molecule has 0 aliphatic heterocycles. The molecule has 1 unspecified atom stereocenters. The summed E-state index contributed by atoms with van der Waals surface area (Å²) in [6.45, 7) is 0. The van der Waals surface area contributed by atoms with Crippen LogP contribution in [0.3, 0.4) is 0 Å². The first-order valence-electron chi connectivity index (χ1n) is 6.07. The predicted molar refractivity (Wildman–Crippen MR) is 75.4 cm³/mol. The van der Waals surface area contributed by atoms with Crippen molar-refractivity contribution in [2.45, 2.75) is 6.04 Å². The Kier molecular flexibility index (Phi) is 4.34. The average molecular weight is 270 g/mol. The van der Waals surface area contributed by atoms with Gasteiger partial charge in [0.2, 0.25) is 0 Å². The molecule has 2 aromatic carbocycles. The van der Waals surface area contributed by atoms with Gasteiger partial charge in [-0.3, -0.25) is 4.79 Å². The van der Waals surface area contributed by atoms with Gasteiger partial charge in [0, 0.05) is 5.69 Å². The Balaban J connectivity index is 2.18. The molecule has 0 radical (unpaired) electrons. The van der Waals surface area contributed by atoms with Gasteiger partial charge in [-0.1, -0.05) is 48.5 Å². The summed E-state index contributed by atoms with van der Waals surface area (Å²) in [5, 5.41) is 13.8. The number of rotatable bonds is 4. The van der Waals surface area contributed by atoms with Gasteiger partial charge in [0.15, 0.2) is 0 Å². The first-order chi connectivity index (χ1) is 9.66. The van der Waals surface area contributed by atoms with Crippen molar-refractivity contribution in [1.29, 1.82) is 0 Å². The number of benzene rings is 2. The van der Waals surface area contributed by atoms with E-state index in [4.69, 9.17) is 5.11 Å². The number of nitrogens with one attached hydrogen (secondary N) is 2. The molecular formula is C15H14N2O3. The van der Waals surface area contributed by atoms with E-state index in [0.29, 0.717) is 11.3 Å². The number of carbonyl (C=O) groups is 2. The van der Waals surface area contributed by atoms with Crippen molar-refractivity contribution in [1.82, 2.24) is 5.32 Å². The summed E-state index contributed by atoms with van der Waals surface area (Å²) in [6, 6.07) is 16.6. The Morgan fingerprint density at radius 2 is 1.45 bits per heavy atom. The monoisotopic (exact) mass is 270 g/mol. The van der Waals surface area contributed by atoms with E-state index in [9.17, 15) is 9.59 Å². The van der Waals surface area contributed by atoms with Gasteiger partial charge in [0.05, 0.1) is 0 Å². The molecule has 0 heterocycles. The quantitative estimate of drug-likeness (QED) is 0.799. The maximum absolute atomic E-state index is 12.2. The summed E-state index contributed by atoms with van der Waals surface area (Å²) < 4.78 is 0. The zero-order chi connectivity index (χ0) is 14.4. The first-order valence-corrected chi connectivity index (χ1v) is 6.07. The normalized spacial score (nSPS) is 11.4. The van der Waals surface area contributed by atoms with E-state index >= 15 is 0 Å². The highest BCUT2D eigenvalue weighted by Crippen LogP contribution is 2.15. The Labute approximate surface area is 116 Å². The number of amides is 2. The van der Waals surface area contributed by atoms with Gasteiger partial charge in [0.1, 0.15) is 6.04 Å². The molecule has 0 bridgehead atoms. The van der Waals surface area contributed by atoms with Crippen LogP contribution in [-0.4, -0.2) is 17.1 Å². The zero-order valence-corrected chi connectivity index (χ0v) is 10.6. The number of carboxylic acid groups (broad SMARTS) is 1. The molecule has 0 aromatic heterocycles. The highest BCUT2D eigenvalue weighted by atomic mass is 16.4. The topological polar surface area (TPSA) is 78.4 Å². The second kappa shape index (κ2) is 6.38. The molecule has 2 amide bonds. The van der Waals surface area contributed by atoms with Crippen LogP contribution in [0.4, 0.5) is 10.5 Å². The van der Waals surface area contributed by atoms with Crippen molar-refractivity contribution in [3.8, 4) is 0 Å². The molecule has 0 saturated heterocycles. The smallest absolute Gasteiger partial charge is 0.405 e. The lowest BCUT2D eigenvalue weighted by Crippen LogP contribution is -2.36. The zero-order valence-electron chi connectivity index (χ0n) is 10.6. The summed E-state index contributed by atoms with van der Waals surface area (Å²) >= 11 is 0. The predicted octanol–water partition coefficient (Wildman–Crippen LogP) is 2.63. The fourth-order valence-corrected chi connectivity index (χ4v) is 1.81. The average Bonchev–Trinajstić information content (AvgIpc) is 2.46. The van der Waals surface area contributed by atoms with Crippen LogP contribution < -0.4 is 10.6 Å². The molecule has 0 aliphatic rings. The number of anilines is 1. The minimum Gasteiger partial charge on any atom is -0.465 e. The third-order valence-corrected chi connectivity index (χ3v) is 2.70. The molecule has 5 nitrogen and oxygen atoms in total. The van der Waals surface area contributed by atoms with Crippen LogP contribution in [0.15, 0.2) is 60.7 Å². The van der Waals surface area contributed by atoms with E-state index in [1.165, 1.54) is 0 Å². The lowest BCUT2D eigenvalue weighted by Gasteiger charge is -2.17. The van der Waals surface area contributed by atoms with Crippen LogP contribution in [0.5, 0.6) is 0 Å². The Bertz CT molecular complexity index is 585. The molecule has 102 valence electrons. The van der Waals surface area contributed by atoms with Gasteiger partial charge < -0.3 is 15.7 Å². The maximum atomic E-state index is 12.2. The van der Waals surface area contributed by atoms with Crippen LogP contribution in [0.2, 0.25) is 0 Å². The van der Waals surface area contributed by atoms with E-state index in [0.717, 1.165) is 0 Å².